The van der Waals surface area contributed by atoms with E-state index in [-0.39, 0.29) is 0 Å². The molecule has 0 radical (unpaired) electrons. The fourth-order valence-corrected chi connectivity index (χ4v) is 2.58. The maximum Gasteiger partial charge on any atom is 0.0233 e. The third-order valence-corrected chi connectivity index (χ3v) is 4.05. The van der Waals surface area contributed by atoms with Crippen molar-refractivity contribution < 1.29 is 0 Å². The van der Waals surface area contributed by atoms with Gasteiger partial charge in [0.25, 0.3) is 0 Å². The Bertz CT molecular complexity index is 341. The summed E-state index contributed by atoms with van der Waals surface area (Å²) in [6.45, 7) is 6.53. The molecule has 0 amide bonds. The monoisotopic (exact) mass is 246 g/mol. The first-order chi connectivity index (χ1) is 8.81. The standard InChI is InChI=1S/C16H26N2/c1-2-18(12-15-4-3-5-15)13-16-8-6-14(7-9-16)10-11-17/h6-9,15H,2-5,10-13,17H2,1H3. The lowest BCUT2D eigenvalue weighted by molar-refractivity contribution is 0.178. The Labute approximate surface area is 111 Å². The predicted molar refractivity (Wildman–Crippen MR) is 77.5 cm³/mol. The van der Waals surface area contributed by atoms with Gasteiger partial charge in [0.1, 0.15) is 0 Å². The number of hydrogen-bond acceptors (Lipinski definition) is 2. The van der Waals surface area contributed by atoms with Gasteiger partial charge in [0, 0.05) is 13.1 Å². The van der Waals surface area contributed by atoms with Crippen molar-refractivity contribution in [2.75, 3.05) is 19.6 Å². The first-order valence-corrected chi connectivity index (χ1v) is 7.32. The largest absolute Gasteiger partial charge is 0.330 e. The zero-order valence-electron chi connectivity index (χ0n) is 11.6. The van der Waals surface area contributed by atoms with Crippen LogP contribution in [0, 0.1) is 5.92 Å². The van der Waals surface area contributed by atoms with E-state index in [1.54, 1.807) is 0 Å². The van der Waals surface area contributed by atoms with Gasteiger partial charge in [-0.15, -0.1) is 0 Å². The van der Waals surface area contributed by atoms with Crippen LogP contribution in [-0.2, 0) is 13.0 Å². The van der Waals surface area contributed by atoms with Crippen molar-refractivity contribution >= 4 is 0 Å². The van der Waals surface area contributed by atoms with E-state index >= 15 is 0 Å². The smallest absolute Gasteiger partial charge is 0.0233 e. The molecule has 1 aliphatic rings. The molecule has 1 aromatic rings. The topological polar surface area (TPSA) is 29.3 Å². The van der Waals surface area contributed by atoms with Gasteiger partial charge in [-0.2, -0.15) is 0 Å². The van der Waals surface area contributed by atoms with Crippen LogP contribution in [0.3, 0.4) is 0 Å². The van der Waals surface area contributed by atoms with Gasteiger partial charge in [-0.25, -0.2) is 0 Å². The Morgan fingerprint density at radius 3 is 2.33 bits per heavy atom. The summed E-state index contributed by atoms with van der Waals surface area (Å²) in [5.74, 6) is 0.960. The molecule has 1 saturated carbocycles. The van der Waals surface area contributed by atoms with E-state index in [1.165, 1.54) is 36.9 Å². The van der Waals surface area contributed by atoms with E-state index in [0.29, 0.717) is 0 Å². The van der Waals surface area contributed by atoms with E-state index in [2.05, 4.69) is 36.1 Å². The summed E-state index contributed by atoms with van der Waals surface area (Å²) >= 11 is 0. The van der Waals surface area contributed by atoms with Crippen LogP contribution in [0.25, 0.3) is 0 Å². The van der Waals surface area contributed by atoms with Crippen molar-refractivity contribution in [1.82, 2.24) is 4.90 Å². The molecular formula is C16H26N2. The summed E-state index contributed by atoms with van der Waals surface area (Å²) in [7, 11) is 0. The Balaban J connectivity index is 1.85. The molecular weight excluding hydrogens is 220 g/mol. The van der Waals surface area contributed by atoms with Gasteiger partial charge >= 0.3 is 0 Å². The second-order valence-electron chi connectivity index (χ2n) is 5.48. The minimum absolute atomic E-state index is 0.738. The molecule has 1 aromatic carbocycles. The zero-order valence-corrected chi connectivity index (χ0v) is 11.6. The highest BCUT2D eigenvalue weighted by molar-refractivity contribution is 5.22. The summed E-state index contributed by atoms with van der Waals surface area (Å²) in [6.07, 6.45) is 5.30. The van der Waals surface area contributed by atoms with Gasteiger partial charge in [0.2, 0.25) is 0 Å². The van der Waals surface area contributed by atoms with E-state index < -0.39 is 0 Å². The van der Waals surface area contributed by atoms with Crippen LogP contribution in [0.1, 0.15) is 37.3 Å². The first kappa shape index (κ1) is 13.6. The highest BCUT2D eigenvalue weighted by Gasteiger charge is 2.19. The number of hydrogen-bond donors (Lipinski definition) is 1. The molecule has 0 spiro atoms. The van der Waals surface area contributed by atoms with Crippen LogP contribution >= 0.6 is 0 Å². The molecule has 1 aliphatic carbocycles. The normalized spacial score (nSPS) is 15.9. The summed E-state index contributed by atoms with van der Waals surface area (Å²) in [5.41, 5.74) is 8.35. The highest BCUT2D eigenvalue weighted by atomic mass is 15.1. The lowest BCUT2D eigenvalue weighted by Gasteiger charge is -2.31. The van der Waals surface area contributed by atoms with Crippen molar-refractivity contribution in [1.29, 1.82) is 0 Å². The quantitative estimate of drug-likeness (QED) is 0.801. The van der Waals surface area contributed by atoms with Crippen LogP contribution in [0.15, 0.2) is 24.3 Å². The molecule has 2 nitrogen and oxygen atoms in total. The second kappa shape index (κ2) is 6.91. The van der Waals surface area contributed by atoms with Crippen LogP contribution in [-0.4, -0.2) is 24.5 Å². The average Bonchev–Trinajstić information content (AvgIpc) is 2.34. The van der Waals surface area contributed by atoms with Gasteiger partial charge in [0.05, 0.1) is 0 Å². The lowest BCUT2D eigenvalue weighted by Crippen LogP contribution is -2.32. The molecule has 0 bridgehead atoms. The molecule has 0 unspecified atom stereocenters. The van der Waals surface area contributed by atoms with Crippen LogP contribution in [0.2, 0.25) is 0 Å². The predicted octanol–water partition coefficient (Wildman–Crippen LogP) is 2.81. The van der Waals surface area contributed by atoms with E-state index in [0.717, 1.165) is 32.0 Å². The molecule has 2 heteroatoms. The number of rotatable bonds is 7. The fourth-order valence-electron chi connectivity index (χ4n) is 2.58. The molecule has 0 aromatic heterocycles. The maximum atomic E-state index is 5.57. The molecule has 0 aliphatic heterocycles. The van der Waals surface area contributed by atoms with Crippen molar-refractivity contribution in [3.05, 3.63) is 35.4 Å². The Hall–Kier alpha value is -0.860. The fraction of sp³-hybridized carbons (Fsp3) is 0.625. The molecule has 100 valence electrons. The second-order valence-corrected chi connectivity index (χ2v) is 5.48. The number of nitrogens with zero attached hydrogens (tertiary/aromatic N) is 1. The van der Waals surface area contributed by atoms with Crippen molar-refractivity contribution in [2.24, 2.45) is 11.7 Å². The van der Waals surface area contributed by atoms with Crippen LogP contribution in [0.5, 0.6) is 0 Å². The van der Waals surface area contributed by atoms with Gasteiger partial charge in [0.15, 0.2) is 0 Å². The molecule has 0 saturated heterocycles. The van der Waals surface area contributed by atoms with Crippen molar-refractivity contribution in [3.63, 3.8) is 0 Å². The Morgan fingerprint density at radius 2 is 1.83 bits per heavy atom. The molecule has 18 heavy (non-hydrogen) atoms. The molecule has 1 fully saturated rings. The van der Waals surface area contributed by atoms with Crippen molar-refractivity contribution in [3.8, 4) is 0 Å². The number of benzene rings is 1. The Morgan fingerprint density at radius 1 is 1.17 bits per heavy atom. The van der Waals surface area contributed by atoms with Gasteiger partial charge < -0.3 is 5.73 Å². The minimum atomic E-state index is 0.738. The summed E-state index contributed by atoms with van der Waals surface area (Å²) in [4.78, 5) is 2.57. The Kier molecular flexibility index (Phi) is 5.21. The van der Waals surface area contributed by atoms with E-state index in [4.69, 9.17) is 5.73 Å². The zero-order chi connectivity index (χ0) is 12.8. The van der Waals surface area contributed by atoms with E-state index in [9.17, 15) is 0 Å². The van der Waals surface area contributed by atoms with Gasteiger partial charge in [-0.05, 0) is 49.4 Å². The third kappa shape index (κ3) is 3.82. The van der Waals surface area contributed by atoms with Gasteiger partial charge in [-0.3, -0.25) is 4.90 Å². The van der Waals surface area contributed by atoms with Crippen LogP contribution in [0.4, 0.5) is 0 Å². The first-order valence-electron chi connectivity index (χ1n) is 7.32. The average molecular weight is 246 g/mol. The molecule has 2 N–H and O–H groups in total. The van der Waals surface area contributed by atoms with Gasteiger partial charge in [-0.1, -0.05) is 37.6 Å². The molecule has 2 rings (SSSR count). The summed E-state index contributed by atoms with van der Waals surface area (Å²) < 4.78 is 0. The van der Waals surface area contributed by atoms with Crippen molar-refractivity contribution in [2.45, 2.75) is 39.2 Å². The highest BCUT2D eigenvalue weighted by Crippen LogP contribution is 2.27. The molecule has 0 heterocycles. The lowest BCUT2D eigenvalue weighted by atomic mass is 9.85. The SMILES string of the molecule is CCN(Cc1ccc(CCN)cc1)CC1CCC1. The minimum Gasteiger partial charge on any atom is -0.330 e. The molecule has 0 atom stereocenters. The summed E-state index contributed by atoms with van der Waals surface area (Å²) in [6, 6.07) is 8.96. The number of nitrogens with two attached hydrogens (primary N) is 1. The van der Waals surface area contributed by atoms with Crippen LogP contribution < -0.4 is 5.73 Å². The third-order valence-electron chi connectivity index (χ3n) is 4.05. The maximum absolute atomic E-state index is 5.57. The van der Waals surface area contributed by atoms with E-state index in [1.807, 2.05) is 0 Å². The summed E-state index contributed by atoms with van der Waals surface area (Å²) in [5, 5.41) is 0.